The van der Waals surface area contributed by atoms with E-state index in [1.165, 1.54) is 4.90 Å². The number of amides is 1. The summed E-state index contributed by atoms with van der Waals surface area (Å²) in [7, 11) is 4.95. The van der Waals surface area contributed by atoms with Crippen LogP contribution in [-0.2, 0) is 11.3 Å². The van der Waals surface area contributed by atoms with E-state index in [1.54, 1.807) is 21.3 Å². The first-order chi connectivity index (χ1) is 16.5. The van der Waals surface area contributed by atoms with Gasteiger partial charge in [0.1, 0.15) is 18.1 Å². The molecule has 1 atom stereocenters. The van der Waals surface area contributed by atoms with Crippen molar-refractivity contribution in [2.45, 2.75) is 19.1 Å². The van der Waals surface area contributed by atoms with Gasteiger partial charge in [-0.3, -0.25) is 0 Å². The van der Waals surface area contributed by atoms with Gasteiger partial charge in [-0.2, -0.15) is 0 Å². The van der Waals surface area contributed by atoms with Crippen LogP contribution in [0.4, 0.5) is 4.79 Å². The molecule has 1 amide bonds. The zero-order chi connectivity index (χ0) is 24.1. The molecule has 0 heterocycles. The predicted octanol–water partition coefficient (Wildman–Crippen LogP) is 5.70. The summed E-state index contributed by atoms with van der Waals surface area (Å²) >= 11 is 0. The molecule has 0 aliphatic carbocycles. The maximum Gasteiger partial charge on any atom is 0.409 e. The Morgan fingerprint density at radius 2 is 1.74 bits per heavy atom. The van der Waals surface area contributed by atoms with Crippen molar-refractivity contribution in [2.75, 3.05) is 27.8 Å². The van der Waals surface area contributed by atoms with Crippen LogP contribution in [0.15, 0.2) is 72.8 Å². The van der Waals surface area contributed by atoms with Crippen LogP contribution < -0.4 is 9.47 Å². The summed E-state index contributed by atoms with van der Waals surface area (Å²) in [5.41, 5.74) is 1.72. The third kappa shape index (κ3) is 4.92. The number of fused-ring (bicyclic) bond motifs is 3. The Labute approximate surface area is 199 Å². The molecule has 4 rings (SSSR count). The summed E-state index contributed by atoms with van der Waals surface area (Å²) in [5.74, 6) is 1.49. The SMILES string of the molecule is COc1ccc2c(C(O)CCN(C)C(=O)OCc3ccccc3)cc3cccc(OC)c3c2c1. The minimum Gasteiger partial charge on any atom is -0.497 e. The molecule has 4 aromatic rings. The van der Waals surface area contributed by atoms with E-state index in [4.69, 9.17) is 14.2 Å². The highest BCUT2D eigenvalue weighted by molar-refractivity contribution is 6.12. The second kappa shape index (κ2) is 10.4. The molecule has 0 fully saturated rings. The van der Waals surface area contributed by atoms with Crippen LogP contribution in [0, 0.1) is 0 Å². The zero-order valence-corrected chi connectivity index (χ0v) is 19.7. The van der Waals surface area contributed by atoms with E-state index >= 15 is 0 Å². The summed E-state index contributed by atoms with van der Waals surface area (Å²) in [6.07, 6.45) is -0.821. The highest BCUT2D eigenvalue weighted by atomic mass is 16.6. The quantitative estimate of drug-likeness (QED) is 0.342. The maximum atomic E-state index is 12.4. The Morgan fingerprint density at radius 3 is 2.47 bits per heavy atom. The third-order valence-electron chi connectivity index (χ3n) is 6.01. The molecule has 0 saturated carbocycles. The second-order valence-electron chi connectivity index (χ2n) is 8.20. The lowest BCUT2D eigenvalue weighted by Crippen LogP contribution is -2.29. The number of ether oxygens (including phenoxy) is 3. The summed E-state index contributed by atoms with van der Waals surface area (Å²) in [6, 6.07) is 23.2. The van der Waals surface area contributed by atoms with Crippen molar-refractivity contribution in [3.8, 4) is 11.5 Å². The van der Waals surface area contributed by atoms with Crippen LogP contribution in [-0.4, -0.2) is 43.9 Å². The number of aliphatic hydroxyl groups excluding tert-OH is 1. The van der Waals surface area contributed by atoms with Crippen LogP contribution >= 0.6 is 0 Å². The molecular weight excluding hydrogens is 430 g/mol. The molecule has 176 valence electrons. The number of carbonyl (C=O) groups is 1. The standard InChI is InChI=1S/C28H29NO5/c1-29(28(31)34-18-19-8-5-4-6-9-19)15-14-25(30)23-16-20-10-7-11-26(33-3)27(20)24-17-21(32-2)12-13-22(23)24/h4-13,16-17,25,30H,14-15,18H2,1-3H3. The van der Waals surface area contributed by atoms with Crippen LogP contribution in [0.1, 0.15) is 23.7 Å². The fraction of sp³-hybridized carbons (Fsp3) is 0.250. The fourth-order valence-corrected chi connectivity index (χ4v) is 4.15. The Bertz CT molecular complexity index is 1290. The van der Waals surface area contributed by atoms with Gasteiger partial charge in [0.05, 0.1) is 20.3 Å². The topological polar surface area (TPSA) is 68.2 Å². The van der Waals surface area contributed by atoms with Gasteiger partial charge in [-0.1, -0.05) is 48.5 Å². The van der Waals surface area contributed by atoms with Crippen LogP contribution in [0.25, 0.3) is 21.5 Å². The molecule has 0 aliphatic heterocycles. The van der Waals surface area contributed by atoms with Gasteiger partial charge in [-0.15, -0.1) is 0 Å². The maximum absolute atomic E-state index is 12.4. The number of methoxy groups -OCH3 is 2. The first kappa shape index (κ1) is 23.4. The number of hydrogen-bond acceptors (Lipinski definition) is 5. The zero-order valence-electron chi connectivity index (χ0n) is 19.7. The van der Waals surface area contributed by atoms with Gasteiger partial charge >= 0.3 is 6.09 Å². The van der Waals surface area contributed by atoms with E-state index in [-0.39, 0.29) is 6.61 Å². The molecule has 4 aromatic carbocycles. The monoisotopic (exact) mass is 459 g/mol. The summed E-state index contributed by atoms with van der Waals surface area (Å²) in [4.78, 5) is 13.9. The van der Waals surface area contributed by atoms with Crippen molar-refractivity contribution in [2.24, 2.45) is 0 Å². The van der Waals surface area contributed by atoms with Crippen LogP contribution in [0.3, 0.4) is 0 Å². The molecule has 6 nitrogen and oxygen atoms in total. The highest BCUT2D eigenvalue weighted by Gasteiger charge is 2.19. The van der Waals surface area contributed by atoms with Gasteiger partial charge in [-0.05, 0) is 58.0 Å². The number of benzene rings is 4. The van der Waals surface area contributed by atoms with E-state index in [9.17, 15) is 9.90 Å². The molecule has 34 heavy (non-hydrogen) atoms. The Morgan fingerprint density at radius 1 is 0.941 bits per heavy atom. The van der Waals surface area contributed by atoms with Gasteiger partial charge in [0.25, 0.3) is 0 Å². The second-order valence-corrected chi connectivity index (χ2v) is 8.20. The summed E-state index contributed by atoms with van der Waals surface area (Å²) in [5, 5.41) is 14.9. The number of nitrogens with zero attached hydrogens (tertiary/aromatic N) is 1. The van der Waals surface area contributed by atoms with Crippen molar-refractivity contribution >= 4 is 27.6 Å². The average Bonchev–Trinajstić information content (AvgIpc) is 2.89. The molecule has 0 aliphatic rings. The lowest BCUT2D eigenvalue weighted by atomic mass is 9.92. The normalized spacial score (nSPS) is 11.9. The van der Waals surface area contributed by atoms with E-state index in [1.807, 2.05) is 72.8 Å². The molecule has 1 N–H and O–H groups in total. The Hall–Kier alpha value is -3.77. The largest absolute Gasteiger partial charge is 0.497 e. The van der Waals surface area contributed by atoms with Crippen molar-refractivity contribution in [1.82, 2.24) is 4.90 Å². The smallest absolute Gasteiger partial charge is 0.409 e. The predicted molar refractivity (Wildman–Crippen MR) is 133 cm³/mol. The molecule has 6 heteroatoms. The fourth-order valence-electron chi connectivity index (χ4n) is 4.15. The first-order valence-corrected chi connectivity index (χ1v) is 11.2. The molecule has 0 spiro atoms. The van der Waals surface area contributed by atoms with E-state index in [0.717, 1.165) is 44.2 Å². The first-order valence-electron chi connectivity index (χ1n) is 11.2. The molecular formula is C28H29NO5. The van der Waals surface area contributed by atoms with Crippen molar-refractivity contribution in [3.05, 3.63) is 83.9 Å². The Kier molecular flexibility index (Phi) is 7.18. The lowest BCUT2D eigenvalue weighted by molar-refractivity contribution is 0.0952. The van der Waals surface area contributed by atoms with Crippen LogP contribution in [0.2, 0.25) is 0 Å². The van der Waals surface area contributed by atoms with Gasteiger partial charge in [0.15, 0.2) is 0 Å². The lowest BCUT2D eigenvalue weighted by Gasteiger charge is -2.21. The van der Waals surface area contributed by atoms with Gasteiger partial charge in [-0.25, -0.2) is 4.79 Å². The number of aliphatic hydroxyl groups is 1. The average molecular weight is 460 g/mol. The third-order valence-corrected chi connectivity index (χ3v) is 6.01. The highest BCUT2D eigenvalue weighted by Crippen LogP contribution is 2.39. The molecule has 0 saturated heterocycles. The minimum atomic E-state index is -0.768. The molecule has 1 unspecified atom stereocenters. The van der Waals surface area contributed by atoms with Crippen molar-refractivity contribution in [1.29, 1.82) is 0 Å². The van der Waals surface area contributed by atoms with Crippen molar-refractivity contribution in [3.63, 3.8) is 0 Å². The van der Waals surface area contributed by atoms with Crippen LogP contribution in [0.5, 0.6) is 11.5 Å². The van der Waals surface area contributed by atoms with Gasteiger partial charge < -0.3 is 24.2 Å². The van der Waals surface area contributed by atoms with E-state index < -0.39 is 12.2 Å². The molecule has 0 aromatic heterocycles. The van der Waals surface area contributed by atoms with E-state index in [2.05, 4.69) is 0 Å². The molecule has 0 bridgehead atoms. The number of rotatable bonds is 8. The van der Waals surface area contributed by atoms with Gasteiger partial charge in [0.2, 0.25) is 0 Å². The molecule has 0 radical (unpaired) electrons. The number of hydrogen-bond donors (Lipinski definition) is 1. The van der Waals surface area contributed by atoms with Crippen molar-refractivity contribution < 1.29 is 24.1 Å². The summed E-state index contributed by atoms with van der Waals surface area (Å²) < 4.78 is 16.4. The number of carbonyl (C=O) groups excluding carboxylic acids is 1. The summed E-state index contributed by atoms with van der Waals surface area (Å²) in [6.45, 7) is 0.564. The van der Waals surface area contributed by atoms with Gasteiger partial charge in [0, 0.05) is 19.0 Å². The van der Waals surface area contributed by atoms with E-state index in [0.29, 0.717) is 13.0 Å². The minimum absolute atomic E-state index is 0.214. The Balaban J connectivity index is 1.55.